The molecule has 15 atom stereocenters. The van der Waals surface area contributed by atoms with Gasteiger partial charge in [-0.3, -0.25) is 0 Å². The molecule has 3 rings (SSSR count). The van der Waals surface area contributed by atoms with Crippen LogP contribution >= 0.6 is 0 Å². The summed E-state index contributed by atoms with van der Waals surface area (Å²) >= 11 is 0. The molecule has 2 heterocycles. The second-order valence-electron chi connectivity index (χ2n) is 11.4. The van der Waals surface area contributed by atoms with Crippen molar-refractivity contribution >= 4 is 0 Å². The van der Waals surface area contributed by atoms with Gasteiger partial charge in [-0.15, -0.1) is 0 Å². The van der Waals surface area contributed by atoms with Crippen molar-refractivity contribution in [2.24, 2.45) is 22.9 Å². The maximum absolute atomic E-state index is 11.2. The van der Waals surface area contributed by atoms with Gasteiger partial charge in [-0.05, 0) is 12.8 Å². The van der Waals surface area contributed by atoms with Crippen LogP contribution in [-0.4, -0.2) is 142 Å². The lowest BCUT2D eigenvalue weighted by Gasteiger charge is -2.48. The van der Waals surface area contributed by atoms with E-state index in [9.17, 15) is 30.6 Å². The topological polar surface area (TPSA) is 272 Å². The summed E-state index contributed by atoms with van der Waals surface area (Å²) in [6, 6.07) is -2.52. The van der Waals surface area contributed by atoms with Gasteiger partial charge in [0.2, 0.25) is 0 Å². The predicted molar refractivity (Wildman–Crippen MR) is 145 cm³/mol. The Bertz CT molecular complexity index is 758. The summed E-state index contributed by atoms with van der Waals surface area (Å²) in [6.07, 6.45) is -8.75. The van der Waals surface area contributed by atoms with E-state index in [2.05, 4.69) is 6.92 Å². The van der Waals surface area contributed by atoms with Crippen molar-refractivity contribution in [3.05, 3.63) is 0 Å². The smallest absolute Gasteiger partial charge is 0.187 e. The van der Waals surface area contributed by atoms with Gasteiger partial charge in [0.05, 0.1) is 12.6 Å². The number of nitrogens with two attached hydrogens (primary N) is 4. The van der Waals surface area contributed by atoms with Crippen LogP contribution in [0.5, 0.6) is 0 Å². The first-order valence-corrected chi connectivity index (χ1v) is 14.8. The molecule has 0 spiro atoms. The van der Waals surface area contributed by atoms with E-state index in [1.54, 1.807) is 0 Å². The monoisotopic (exact) mass is 596 g/mol. The standard InChI is InChI=1S/C26H52N4O11/c1-2-3-4-5-6-7-8-37-24-16(30)25(38-14(10-27)18(24)33)40-22-12(28)9-13(29)23(21(22)36)41-26-20(35)19(34)17(32)15(11-31)39-26/h12-26,31-36H,2-11,27-30H2,1H3/t12-,13+,14+,15+,16+,17+,18+,19-,20+,21-,22+,23-,24+,25+,26+/m0/s1. The molecular weight excluding hydrogens is 544 g/mol. The van der Waals surface area contributed by atoms with Crippen molar-refractivity contribution < 1.29 is 54.3 Å². The molecule has 0 radical (unpaired) electrons. The van der Waals surface area contributed by atoms with E-state index < -0.39 is 98.4 Å². The summed E-state index contributed by atoms with van der Waals surface area (Å²) in [5.74, 6) is 0. The van der Waals surface area contributed by atoms with Crippen LogP contribution in [-0.2, 0) is 23.7 Å². The lowest BCUT2D eigenvalue weighted by molar-refractivity contribution is -0.332. The number of ether oxygens (including phenoxy) is 5. The van der Waals surface area contributed by atoms with E-state index in [0.29, 0.717) is 6.61 Å². The van der Waals surface area contributed by atoms with Crippen molar-refractivity contribution in [2.45, 2.75) is 144 Å². The largest absolute Gasteiger partial charge is 0.394 e. The molecule has 0 aromatic rings. The van der Waals surface area contributed by atoms with E-state index in [-0.39, 0.29) is 13.0 Å². The van der Waals surface area contributed by atoms with Crippen LogP contribution in [0.4, 0.5) is 0 Å². The lowest BCUT2D eigenvalue weighted by Crippen LogP contribution is -2.69. The fourth-order valence-corrected chi connectivity index (χ4v) is 5.70. The van der Waals surface area contributed by atoms with Crippen LogP contribution in [0.1, 0.15) is 51.9 Å². The zero-order chi connectivity index (χ0) is 30.3. The van der Waals surface area contributed by atoms with Crippen LogP contribution in [0.25, 0.3) is 0 Å². The molecule has 0 bridgehead atoms. The van der Waals surface area contributed by atoms with Gasteiger partial charge in [0.15, 0.2) is 12.6 Å². The third-order valence-electron chi connectivity index (χ3n) is 8.25. The molecule has 3 fully saturated rings. The van der Waals surface area contributed by atoms with Crippen molar-refractivity contribution in [2.75, 3.05) is 19.8 Å². The quantitative estimate of drug-likeness (QED) is 0.0858. The van der Waals surface area contributed by atoms with Crippen molar-refractivity contribution in [1.29, 1.82) is 0 Å². The van der Waals surface area contributed by atoms with Gasteiger partial charge in [0.1, 0.15) is 61.0 Å². The van der Waals surface area contributed by atoms with Gasteiger partial charge >= 0.3 is 0 Å². The van der Waals surface area contributed by atoms with Gasteiger partial charge in [-0.25, -0.2) is 0 Å². The molecule has 0 aromatic carbocycles. The average molecular weight is 597 g/mol. The van der Waals surface area contributed by atoms with Gasteiger partial charge in [-0.1, -0.05) is 39.0 Å². The fraction of sp³-hybridized carbons (Fsp3) is 1.00. The Hall–Kier alpha value is -0.600. The average Bonchev–Trinajstić information content (AvgIpc) is 2.95. The SMILES string of the molecule is CCCCCCCCO[C@@H]1[C@@H](N)[C@@H](O[C@H]2[C@H](O)[C@@H](O[C@H]3O[C@H](CO)[C@@H](O)[C@H](O)[C@H]3O)[C@H](N)C[C@@H]2N)O[C@H](CN)[C@H]1O. The fourth-order valence-electron chi connectivity index (χ4n) is 5.70. The Kier molecular flexibility index (Phi) is 14.0. The highest BCUT2D eigenvalue weighted by Gasteiger charge is 2.51. The normalized spacial score (nSPS) is 45.6. The summed E-state index contributed by atoms with van der Waals surface area (Å²) in [4.78, 5) is 0. The third kappa shape index (κ3) is 8.53. The third-order valence-corrected chi connectivity index (χ3v) is 8.25. The lowest BCUT2D eigenvalue weighted by atomic mass is 9.84. The van der Waals surface area contributed by atoms with E-state index in [0.717, 1.165) is 32.1 Å². The molecule has 3 aliphatic rings. The minimum absolute atomic E-state index is 0.0301. The van der Waals surface area contributed by atoms with E-state index in [4.69, 9.17) is 46.6 Å². The summed E-state index contributed by atoms with van der Waals surface area (Å²) in [7, 11) is 0. The zero-order valence-corrected chi connectivity index (χ0v) is 23.8. The maximum atomic E-state index is 11.2. The zero-order valence-electron chi connectivity index (χ0n) is 23.8. The van der Waals surface area contributed by atoms with Crippen LogP contribution in [0.3, 0.4) is 0 Å². The van der Waals surface area contributed by atoms with Gasteiger partial charge in [-0.2, -0.15) is 0 Å². The van der Waals surface area contributed by atoms with Gasteiger partial charge < -0.3 is 77.3 Å². The first kappa shape index (κ1) is 34.9. The molecular formula is C26H52N4O11. The molecule has 15 nitrogen and oxygen atoms in total. The van der Waals surface area contributed by atoms with Crippen molar-refractivity contribution in [3.8, 4) is 0 Å². The second kappa shape index (κ2) is 16.5. The Labute approximate surface area is 241 Å². The predicted octanol–water partition coefficient (Wildman–Crippen LogP) is -3.91. The van der Waals surface area contributed by atoms with E-state index >= 15 is 0 Å². The van der Waals surface area contributed by atoms with Crippen LogP contribution in [0, 0.1) is 0 Å². The van der Waals surface area contributed by atoms with Crippen LogP contribution in [0.15, 0.2) is 0 Å². The second-order valence-corrected chi connectivity index (χ2v) is 11.4. The molecule has 41 heavy (non-hydrogen) atoms. The van der Waals surface area contributed by atoms with E-state index in [1.807, 2.05) is 0 Å². The van der Waals surface area contributed by atoms with Crippen molar-refractivity contribution in [1.82, 2.24) is 0 Å². The highest BCUT2D eigenvalue weighted by molar-refractivity contribution is 5.01. The van der Waals surface area contributed by atoms with Gasteiger partial charge in [0, 0.05) is 25.2 Å². The van der Waals surface area contributed by atoms with Crippen LogP contribution in [0.2, 0.25) is 0 Å². The first-order valence-electron chi connectivity index (χ1n) is 14.8. The maximum Gasteiger partial charge on any atom is 0.187 e. The molecule has 0 aromatic heterocycles. The molecule has 242 valence electrons. The number of unbranched alkanes of at least 4 members (excludes halogenated alkanes) is 5. The Morgan fingerprint density at radius 1 is 0.683 bits per heavy atom. The molecule has 1 aliphatic carbocycles. The van der Waals surface area contributed by atoms with Crippen molar-refractivity contribution in [3.63, 3.8) is 0 Å². The summed E-state index contributed by atoms with van der Waals surface area (Å²) in [5, 5.41) is 62.0. The molecule has 0 unspecified atom stereocenters. The Morgan fingerprint density at radius 3 is 1.88 bits per heavy atom. The van der Waals surface area contributed by atoms with Crippen LogP contribution < -0.4 is 22.9 Å². The Balaban J connectivity index is 1.65. The minimum atomic E-state index is -1.69. The molecule has 2 saturated heterocycles. The molecule has 0 amide bonds. The molecule has 14 N–H and O–H groups in total. The number of rotatable bonds is 14. The summed E-state index contributed by atoms with van der Waals surface area (Å²) in [5.41, 5.74) is 24.8. The highest BCUT2D eigenvalue weighted by atomic mass is 16.7. The summed E-state index contributed by atoms with van der Waals surface area (Å²) < 4.78 is 29.1. The first-order chi connectivity index (χ1) is 19.5. The number of aliphatic hydroxyl groups excluding tert-OH is 6. The molecule has 2 aliphatic heterocycles. The minimum Gasteiger partial charge on any atom is -0.394 e. The summed E-state index contributed by atoms with van der Waals surface area (Å²) in [6.45, 7) is 1.87. The highest BCUT2D eigenvalue weighted by Crippen LogP contribution is 2.31. The van der Waals surface area contributed by atoms with E-state index in [1.165, 1.54) is 6.42 Å². The molecule has 15 heteroatoms. The number of hydrogen-bond donors (Lipinski definition) is 10. The number of aliphatic hydroxyl groups is 6. The Morgan fingerprint density at radius 2 is 1.27 bits per heavy atom. The van der Waals surface area contributed by atoms with Gasteiger partial charge in [0.25, 0.3) is 0 Å². The molecule has 1 saturated carbocycles. The number of hydrogen-bond acceptors (Lipinski definition) is 15.